The molecular weight excluding hydrogens is 254 g/mol. The second kappa shape index (κ2) is 5.77. The lowest BCUT2D eigenvalue weighted by Gasteiger charge is -2.11. The van der Waals surface area contributed by atoms with Gasteiger partial charge in [0.05, 0.1) is 24.1 Å². The molecule has 0 saturated heterocycles. The molecule has 106 valence electrons. The van der Waals surface area contributed by atoms with Crippen molar-refractivity contribution in [3.8, 4) is 5.69 Å². The van der Waals surface area contributed by atoms with Gasteiger partial charge in [-0.15, -0.1) is 0 Å². The minimum atomic E-state index is -0.414. The maximum Gasteiger partial charge on any atom is 0.340 e. The fourth-order valence-electron chi connectivity index (χ4n) is 2.12. The molecule has 1 heterocycles. The minimum absolute atomic E-state index is 0.414. The summed E-state index contributed by atoms with van der Waals surface area (Å²) in [7, 11) is 1.36. The molecule has 0 unspecified atom stereocenters. The van der Waals surface area contributed by atoms with Gasteiger partial charge >= 0.3 is 5.97 Å². The van der Waals surface area contributed by atoms with E-state index in [1.165, 1.54) is 7.11 Å². The zero-order valence-corrected chi connectivity index (χ0v) is 12.0. The highest BCUT2D eigenvalue weighted by atomic mass is 16.5. The molecule has 0 aliphatic carbocycles. The van der Waals surface area contributed by atoms with Crippen LogP contribution < -0.4 is 5.73 Å². The molecule has 0 saturated carbocycles. The van der Waals surface area contributed by atoms with E-state index >= 15 is 0 Å². The number of aromatic nitrogens is 2. The molecule has 0 aliphatic heterocycles. The smallest absolute Gasteiger partial charge is 0.340 e. The van der Waals surface area contributed by atoms with Crippen LogP contribution in [-0.4, -0.2) is 22.9 Å². The number of carbonyl (C=O) groups excluding carboxylic acids is 1. The summed E-state index contributed by atoms with van der Waals surface area (Å²) in [6.07, 6.45) is 1.68. The van der Waals surface area contributed by atoms with Crippen LogP contribution in [0, 0.1) is 0 Å². The highest BCUT2D eigenvalue weighted by molar-refractivity contribution is 5.94. The summed E-state index contributed by atoms with van der Waals surface area (Å²) in [5, 5.41) is 4.54. The summed E-state index contributed by atoms with van der Waals surface area (Å²) in [6, 6.07) is 7.23. The molecule has 1 aromatic heterocycles. The van der Waals surface area contributed by atoms with E-state index in [0.29, 0.717) is 16.9 Å². The molecule has 2 N–H and O–H groups in total. The molecular formula is C15H19N3O2. The van der Waals surface area contributed by atoms with Gasteiger partial charge in [-0.2, -0.15) is 5.10 Å². The van der Waals surface area contributed by atoms with E-state index in [1.807, 2.05) is 0 Å². The number of hydrogen-bond acceptors (Lipinski definition) is 4. The fourth-order valence-corrected chi connectivity index (χ4v) is 2.12. The predicted octanol–water partition coefficient (Wildman–Crippen LogP) is 2.37. The van der Waals surface area contributed by atoms with E-state index in [2.05, 4.69) is 25.0 Å². The first-order valence-electron chi connectivity index (χ1n) is 6.66. The van der Waals surface area contributed by atoms with Crippen molar-refractivity contribution in [2.45, 2.75) is 26.7 Å². The average molecular weight is 273 g/mol. The van der Waals surface area contributed by atoms with Crippen LogP contribution >= 0.6 is 0 Å². The Balaban J connectivity index is 2.62. The second-order valence-electron chi connectivity index (χ2n) is 4.51. The Morgan fingerprint density at radius 3 is 2.65 bits per heavy atom. The lowest BCUT2D eigenvalue weighted by atomic mass is 10.1. The SMILES string of the molecule is CCc1cc(CC)n(-c2ccc(N)cc2C(=O)OC)n1. The first-order valence-corrected chi connectivity index (χ1v) is 6.66. The zero-order valence-electron chi connectivity index (χ0n) is 12.0. The molecule has 5 nitrogen and oxygen atoms in total. The van der Waals surface area contributed by atoms with Crippen molar-refractivity contribution in [2.24, 2.45) is 0 Å². The number of anilines is 1. The van der Waals surface area contributed by atoms with Gasteiger partial charge in [-0.3, -0.25) is 0 Å². The van der Waals surface area contributed by atoms with Gasteiger partial charge in [-0.1, -0.05) is 13.8 Å². The number of esters is 1. The van der Waals surface area contributed by atoms with Crippen LogP contribution in [0.1, 0.15) is 35.6 Å². The van der Waals surface area contributed by atoms with Crippen LogP contribution in [0.2, 0.25) is 0 Å². The molecule has 20 heavy (non-hydrogen) atoms. The average Bonchev–Trinajstić information content (AvgIpc) is 2.89. The Kier molecular flexibility index (Phi) is 4.08. The normalized spacial score (nSPS) is 10.6. The molecule has 0 aliphatic rings. The molecule has 0 amide bonds. The van der Waals surface area contributed by atoms with Gasteiger partial charge in [0.15, 0.2) is 0 Å². The van der Waals surface area contributed by atoms with Crippen molar-refractivity contribution in [3.05, 3.63) is 41.2 Å². The number of nitrogens with two attached hydrogens (primary N) is 1. The Morgan fingerprint density at radius 2 is 2.05 bits per heavy atom. The van der Waals surface area contributed by atoms with Crippen molar-refractivity contribution in [1.82, 2.24) is 9.78 Å². The highest BCUT2D eigenvalue weighted by Crippen LogP contribution is 2.21. The number of rotatable bonds is 4. The van der Waals surface area contributed by atoms with E-state index in [1.54, 1.807) is 22.9 Å². The quantitative estimate of drug-likeness (QED) is 0.685. The fraction of sp³-hybridized carbons (Fsp3) is 0.333. The van der Waals surface area contributed by atoms with E-state index < -0.39 is 5.97 Å². The van der Waals surface area contributed by atoms with Crippen LogP contribution in [0.25, 0.3) is 5.69 Å². The lowest BCUT2D eigenvalue weighted by Crippen LogP contribution is -2.11. The summed E-state index contributed by atoms with van der Waals surface area (Å²) in [6.45, 7) is 4.11. The van der Waals surface area contributed by atoms with Crippen LogP contribution in [0.4, 0.5) is 5.69 Å². The van der Waals surface area contributed by atoms with Crippen molar-refractivity contribution in [1.29, 1.82) is 0 Å². The van der Waals surface area contributed by atoms with Gasteiger partial charge in [0, 0.05) is 11.4 Å². The molecule has 1 aromatic carbocycles. The predicted molar refractivity (Wildman–Crippen MR) is 78.1 cm³/mol. The summed E-state index contributed by atoms with van der Waals surface area (Å²) < 4.78 is 6.62. The Hall–Kier alpha value is -2.30. The maximum atomic E-state index is 11.9. The van der Waals surface area contributed by atoms with E-state index in [-0.39, 0.29) is 0 Å². The number of benzene rings is 1. The van der Waals surface area contributed by atoms with Gasteiger partial charge in [0.2, 0.25) is 0 Å². The maximum absolute atomic E-state index is 11.9. The number of nitrogens with zero attached hydrogens (tertiary/aromatic N) is 2. The zero-order chi connectivity index (χ0) is 14.7. The van der Waals surface area contributed by atoms with E-state index in [0.717, 1.165) is 24.2 Å². The van der Waals surface area contributed by atoms with E-state index in [4.69, 9.17) is 10.5 Å². The monoisotopic (exact) mass is 273 g/mol. The van der Waals surface area contributed by atoms with Crippen LogP contribution in [-0.2, 0) is 17.6 Å². The molecule has 2 rings (SSSR count). The van der Waals surface area contributed by atoms with Gasteiger partial charge in [0.1, 0.15) is 0 Å². The highest BCUT2D eigenvalue weighted by Gasteiger charge is 2.17. The van der Waals surface area contributed by atoms with Gasteiger partial charge < -0.3 is 10.5 Å². The number of ether oxygens (including phenoxy) is 1. The standard InChI is InChI=1S/C15H19N3O2/c1-4-11-9-12(5-2)18(17-11)14-7-6-10(16)8-13(14)15(19)20-3/h6-9H,4-5,16H2,1-3H3. The first kappa shape index (κ1) is 14.1. The summed E-state index contributed by atoms with van der Waals surface area (Å²) in [4.78, 5) is 11.9. The van der Waals surface area contributed by atoms with Crippen LogP contribution in [0.3, 0.4) is 0 Å². The molecule has 0 fully saturated rings. The van der Waals surface area contributed by atoms with Crippen molar-refractivity contribution in [3.63, 3.8) is 0 Å². The van der Waals surface area contributed by atoms with Gasteiger partial charge in [-0.05, 0) is 37.1 Å². The molecule has 0 atom stereocenters. The third kappa shape index (κ3) is 2.52. The molecule has 0 bridgehead atoms. The number of carbonyl (C=O) groups is 1. The van der Waals surface area contributed by atoms with Crippen molar-refractivity contribution in [2.75, 3.05) is 12.8 Å². The van der Waals surface area contributed by atoms with Gasteiger partial charge in [-0.25, -0.2) is 9.48 Å². The first-order chi connectivity index (χ1) is 9.60. The third-order valence-electron chi connectivity index (χ3n) is 3.21. The molecule has 5 heteroatoms. The van der Waals surface area contributed by atoms with Crippen molar-refractivity contribution < 1.29 is 9.53 Å². The molecule has 0 radical (unpaired) electrons. The second-order valence-corrected chi connectivity index (χ2v) is 4.51. The molecule has 0 spiro atoms. The molecule has 2 aromatic rings. The number of hydrogen-bond donors (Lipinski definition) is 1. The van der Waals surface area contributed by atoms with Gasteiger partial charge in [0.25, 0.3) is 0 Å². The third-order valence-corrected chi connectivity index (χ3v) is 3.21. The summed E-state index contributed by atoms with van der Waals surface area (Å²) >= 11 is 0. The van der Waals surface area contributed by atoms with Crippen molar-refractivity contribution >= 4 is 11.7 Å². The largest absolute Gasteiger partial charge is 0.465 e. The minimum Gasteiger partial charge on any atom is -0.465 e. The van der Waals surface area contributed by atoms with E-state index in [9.17, 15) is 4.79 Å². The number of methoxy groups -OCH3 is 1. The number of nitrogen functional groups attached to an aromatic ring is 1. The Bertz CT molecular complexity index is 632. The Morgan fingerprint density at radius 1 is 1.30 bits per heavy atom. The van der Waals surface area contributed by atoms with Crippen LogP contribution in [0.5, 0.6) is 0 Å². The lowest BCUT2D eigenvalue weighted by molar-refractivity contribution is 0.0600. The van der Waals surface area contributed by atoms with Crippen LogP contribution in [0.15, 0.2) is 24.3 Å². The topological polar surface area (TPSA) is 70.1 Å². The summed E-state index contributed by atoms with van der Waals surface area (Å²) in [5.74, 6) is -0.414. The Labute approximate surface area is 118 Å². The summed E-state index contributed by atoms with van der Waals surface area (Å²) in [5.41, 5.74) is 9.45. The number of aryl methyl sites for hydroxylation is 2.